The van der Waals surface area contributed by atoms with E-state index in [1.807, 2.05) is 0 Å². The smallest absolute Gasteiger partial charge is 0.383 e. The van der Waals surface area contributed by atoms with Gasteiger partial charge in [0, 0.05) is 0 Å². The van der Waals surface area contributed by atoms with Crippen LogP contribution in [0.1, 0.15) is 60.3 Å². The lowest BCUT2D eigenvalue weighted by Gasteiger charge is -2.35. The Labute approximate surface area is 159 Å². The lowest BCUT2D eigenvalue weighted by molar-refractivity contribution is -0.136. The van der Waals surface area contributed by atoms with Crippen LogP contribution in [-0.2, 0) is 23.4 Å². The third kappa shape index (κ3) is 6.47. The van der Waals surface area contributed by atoms with Crippen molar-refractivity contribution in [3.8, 4) is 0 Å². The Kier molecular flexibility index (Phi) is 8.90. The Morgan fingerprint density at radius 2 is 1.54 bits per heavy atom. The molecule has 0 atom stereocenters. The zero-order chi connectivity index (χ0) is 19.8. The minimum atomic E-state index is -1.86. The van der Waals surface area contributed by atoms with E-state index < -0.39 is 14.3 Å². The molecule has 1 rings (SSSR count). The number of unbranched alkanes of at least 4 members (excludes halogenated alkanes) is 2. The van der Waals surface area contributed by atoms with Gasteiger partial charge < -0.3 is 18.6 Å². The molecule has 0 saturated heterocycles. The molecule has 6 heteroatoms. The first-order valence-electron chi connectivity index (χ1n) is 9.70. The molecule has 1 aliphatic rings. The SMILES string of the molecule is CCCCOC1=C(OCCCC)/C(=C/CO[Si](C)(C)C(C)(C)C)OC1=O. The second-order valence-corrected chi connectivity index (χ2v) is 12.9. The summed E-state index contributed by atoms with van der Waals surface area (Å²) in [6, 6.07) is 0. The fourth-order valence-electron chi connectivity index (χ4n) is 1.97. The topological polar surface area (TPSA) is 54.0 Å². The highest BCUT2D eigenvalue weighted by Crippen LogP contribution is 2.36. The van der Waals surface area contributed by atoms with Crippen LogP contribution in [0.2, 0.25) is 18.1 Å². The van der Waals surface area contributed by atoms with E-state index in [4.69, 9.17) is 18.6 Å². The van der Waals surface area contributed by atoms with E-state index in [0.29, 0.717) is 31.3 Å². The maximum Gasteiger partial charge on any atom is 0.383 e. The van der Waals surface area contributed by atoms with Crippen molar-refractivity contribution in [2.45, 2.75) is 78.4 Å². The van der Waals surface area contributed by atoms with Gasteiger partial charge in [0.25, 0.3) is 5.76 Å². The molecular formula is C20H36O5Si. The Hall–Kier alpha value is -1.27. The van der Waals surface area contributed by atoms with Gasteiger partial charge in [0.1, 0.15) is 0 Å². The molecule has 0 radical (unpaired) electrons. The van der Waals surface area contributed by atoms with Gasteiger partial charge in [-0.25, -0.2) is 4.79 Å². The quantitative estimate of drug-likeness (QED) is 0.275. The first-order valence-corrected chi connectivity index (χ1v) is 12.6. The largest absolute Gasteiger partial charge is 0.486 e. The number of carbonyl (C=O) groups excluding carboxylic acids is 1. The zero-order valence-electron chi connectivity index (χ0n) is 17.6. The van der Waals surface area contributed by atoms with Crippen LogP contribution >= 0.6 is 0 Å². The third-order valence-corrected chi connectivity index (χ3v) is 9.33. The summed E-state index contributed by atoms with van der Waals surface area (Å²) in [4.78, 5) is 12.2. The maximum absolute atomic E-state index is 12.2. The summed E-state index contributed by atoms with van der Waals surface area (Å²) in [7, 11) is -1.86. The van der Waals surface area contributed by atoms with Gasteiger partial charge in [-0.05, 0) is 37.0 Å². The van der Waals surface area contributed by atoms with Crippen LogP contribution in [0, 0.1) is 0 Å². The number of cyclic esters (lactones) is 1. The minimum Gasteiger partial charge on any atom is -0.486 e. The van der Waals surface area contributed by atoms with E-state index in [1.165, 1.54) is 0 Å². The van der Waals surface area contributed by atoms with Crippen molar-refractivity contribution in [2.75, 3.05) is 19.8 Å². The number of hydrogen-bond acceptors (Lipinski definition) is 5. The average Bonchev–Trinajstić information content (AvgIpc) is 2.82. The van der Waals surface area contributed by atoms with Gasteiger partial charge in [0.2, 0.25) is 5.76 Å². The molecule has 0 unspecified atom stereocenters. The van der Waals surface area contributed by atoms with Gasteiger partial charge in [0.15, 0.2) is 14.1 Å². The lowest BCUT2D eigenvalue weighted by atomic mass is 10.2. The molecule has 0 aromatic heterocycles. The van der Waals surface area contributed by atoms with Crippen LogP contribution in [-0.4, -0.2) is 34.1 Å². The summed E-state index contributed by atoms with van der Waals surface area (Å²) in [5.74, 6) is 0.536. The number of rotatable bonds is 11. The van der Waals surface area contributed by atoms with Crippen molar-refractivity contribution >= 4 is 14.3 Å². The summed E-state index contributed by atoms with van der Waals surface area (Å²) in [6.45, 7) is 16.5. The summed E-state index contributed by atoms with van der Waals surface area (Å²) in [5.41, 5.74) is 0. The molecule has 5 nitrogen and oxygen atoms in total. The van der Waals surface area contributed by atoms with Crippen molar-refractivity contribution in [1.82, 2.24) is 0 Å². The summed E-state index contributed by atoms with van der Waals surface area (Å²) in [6.07, 6.45) is 5.59. The van der Waals surface area contributed by atoms with Crippen molar-refractivity contribution in [1.29, 1.82) is 0 Å². The second-order valence-electron chi connectivity index (χ2n) is 8.09. The number of ether oxygens (including phenoxy) is 3. The molecule has 1 aliphatic heterocycles. The maximum atomic E-state index is 12.2. The number of hydrogen-bond donors (Lipinski definition) is 0. The van der Waals surface area contributed by atoms with E-state index >= 15 is 0 Å². The van der Waals surface area contributed by atoms with Crippen LogP contribution < -0.4 is 0 Å². The van der Waals surface area contributed by atoms with Crippen LogP contribution in [0.4, 0.5) is 0 Å². The molecule has 150 valence electrons. The molecule has 1 heterocycles. The summed E-state index contributed by atoms with van der Waals surface area (Å²) < 4.78 is 23.0. The highest BCUT2D eigenvalue weighted by molar-refractivity contribution is 6.74. The van der Waals surface area contributed by atoms with Gasteiger partial charge in [0.05, 0.1) is 19.8 Å². The fraction of sp³-hybridized carbons (Fsp3) is 0.750. The molecule has 26 heavy (non-hydrogen) atoms. The normalized spacial score (nSPS) is 17.0. The van der Waals surface area contributed by atoms with Gasteiger partial charge in [-0.15, -0.1) is 0 Å². The molecule has 0 fully saturated rings. The molecule has 0 aromatic rings. The predicted octanol–water partition coefficient (Wildman–Crippen LogP) is 5.29. The Balaban J connectivity index is 2.87. The van der Waals surface area contributed by atoms with Crippen molar-refractivity contribution < 1.29 is 23.4 Å². The van der Waals surface area contributed by atoms with Crippen LogP contribution in [0.25, 0.3) is 0 Å². The lowest BCUT2D eigenvalue weighted by Crippen LogP contribution is -2.40. The molecule has 0 N–H and O–H groups in total. The second kappa shape index (κ2) is 10.2. The van der Waals surface area contributed by atoms with Crippen molar-refractivity contribution in [3.05, 3.63) is 23.4 Å². The van der Waals surface area contributed by atoms with Gasteiger partial charge in [-0.3, -0.25) is 0 Å². The fourth-order valence-corrected chi connectivity index (χ4v) is 2.91. The van der Waals surface area contributed by atoms with Crippen LogP contribution in [0.15, 0.2) is 23.4 Å². The van der Waals surface area contributed by atoms with E-state index in [-0.39, 0.29) is 10.8 Å². The molecule has 0 bridgehead atoms. The van der Waals surface area contributed by atoms with Crippen molar-refractivity contribution in [2.24, 2.45) is 0 Å². The Morgan fingerprint density at radius 1 is 1.00 bits per heavy atom. The van der Waals surface area contributed by atoms with Gasteiger partial charge >= 0.3 is 5.97 Å². The first-order chi connectivity index (χ1) is 12.1. The Bertz CT molecular complexity index is 529. The van der Waals surface area contributed by atoms with Gasteiger partial charge in [-0.1, -0.05) is 47.5 Å². The van der Waals surface area contributed by atoms with Crippen LogP contribution in [0.5, 0.6) is 0 Å². The van der Waals surface area contributed by atoms with E-state index in [1.54, 1.807) is 6.08 Å². The summed E-state index contributed by atoms with van der Waals surface area (Å²) in [5, 5.41) is 0.128. The third-order valence-electron chi connectivity index (χ3n) is 4.83. The standard InChI is InChI=1S/C20H36O5Si/c1-8-10-13-22-17-16(12-15-24-26(6,7)20(3,4)5)25-19(21)18(17)23-14-11-9-2/h12H,8-11,13-15H2,1-7H3/b16-12-. The summed E-state index contributed by atoms with van der Waals surface area (Å²) >= 11 is 0. The molecule has 0 amide bonds. The minimum absolute atomic E-state index is 0.128. The van der Waals surface area contributed by atoms with E-state index in [9.17, 15) is 4.79 Å². The highest BCUT2D eigenvalue weighted by atomic mass is 28.4. The van der Waals surface area contributed by atoms with E-state index in [2.05, 4.69) is 47.7 Å². The highest BCUT2D eigenvalue weighted by Gasteiger charge is 2.37. The van der Waals surface area contributed by atoms with E-state index in [0.717, 1.165) is 25.7 Å². The zero-order valence-corrected chi connectivity index (χ0v) is 18.6. The number of carbonyl (C=O) groups is 1. The Morgan fingerprint density at radius 3 is 2.04 bits per heavy atom. The first kappa shape index (κ1) is 22.8. The molecule has 0 aliphatic carbocycles. The molecule has 0 spiro atoms. The molecular weight excluding hydrogens is 348 g/mol. The number of esters is 1. The molecule has 0 aromatic carbocycles. The monoisotopic (exact) mass is 384 g/mol. The predicted molar refractivity (Wildman–Crippen MR) is 106 cm³/mol. The molecule has 0 saturated carbocycles. The van der Waals surface area contributed by atoms with Crippen LogP contribution in [0.3, 0.4) is 0 Å². The average molecular weight is 385 g/mol. The van der Waals surface area contributed by atoms with Crippen molar-refractivity contribution in [3.63, 3.8) is 0 Å². The van der Waals surface area contributed by atoms with Gasteiger partial charge in [-0.2, -0.15) is 0 Å².